The van der Waals surface area contributed by atoms with Crippen LogP contribution in [0.2, 0.25) is 0 Å². The van der Waals surface area contributed by atoms with Gasteiger partial charge >= 0.3 is 0 Å². The van der Waals surface area contributed by atoms with Crippen molar-refractivity contribution in [3.63, 3.8) is 0 Å². The van der Waals surface area contributed by atoms with Crippen LogP contribution in [0.5, 0.6) is 0 Å². The van der Waals surface area contributed by atoms with Gasteiger partial charge in [-0.3, -0.25) is 0 Å². The van der Waals surface area contributed by atoms with Gasteiger partial charge in [-0.25, -0.2) is 4.98 Å². The molecule has 1 aliphatic heterocycles. The summed E-state index contributed by atoms with van der Waals surface area (Å²) in [6.07, 6.45) is 1.12. The Morgan fingerprint density at radius 1 is 1.44 bits per heavy atom. The van der Waals surface area contributed by atoms with E-state index < -0.39 is 0 Å². The molecule has 0 aromatic carbocycles. The molecule has 1 aliphatic rings. The van der Waals surface area contributed by atoms with Crippen LogP contribution in [0, 0.1) is 0 Å². The first-order valence-electron chi connectivity index (χ1n) is 7.11. The van der Waals surface area contributed by atoms with E-state index in [1.807, 2.05) is 0 Å². The number of likely N-dealkylation sites (N-methyl/N-ethyl adjacent to an activating group) is 1. The lowest BCUT2D eigenvalue weighted by Gasteiger charge is -2.20. The fourth-order valence-corrected chi connectivity index (χ4v) is 2.51. The zero-order chi connectivity index (χ0) is 13.1. The van der Waals surface area contributed by atoms with E-state index in [0.29, 0.717) is 5.92 Å². The maximum Gasteiger partial charge on any atom is 0.111 e. The third-order valence-corrected chi connectivity index (χ3v) is 3.78. The summed E-state index contributed by atoms with van der Waals surface area (Å²) in [6, 6.07) is 0. The van der Waals surface area contributed by atoms with Crippen molar-refractivity contribution in [2.24, 2.45) is 0 Å². The molecule has 4 heteroatoms. The van der Waals surface area contributed by atoms with E-state index in [9.17, 15) is 0 Å². The molecule has 4 nitrogen and oxygen atoms in total. The van der Waals surface area contributed by atoms with Crippen LogP contribution in [-0.4, -0.2) is 41.1 Å². The first kappa shape index (κ1) is 13.6. The number of aromatic nitrogens is 2. The summed E-state index contributed by atoms with van der Waals surface area (Å²) in [6.45, 7) is 12.0. The monoisotopic (exact) mass is 250 g/mol. The molecule has 0 saturated carbocycles. The van der Waals surface area contributed by atoms with Gasteiger partial charge in [-0.05, 0) is 13.6 Å². The lowest BCUT2D eigenvalue weighted by molar-refractivity contribution is 0.329. The van der Waals surface area contributed by atoms with Gasteiger partial charge in [0.2, 0.25) is 0 Å². The van der Waals surface area contributed by atoms with Gasteiger partial charge in [0.05, 0.1) is 5.69 Å². The standard InChI is InChI=1S/C14H26N4/c1-5-17(4)8-9-18-13-6-7-15-10-12(13)16-14(18)11(2)3/h11,15H,5-10H2,1-4H3. The normalized spacial score (nSPS) is 15.4. The predicted molar refractivity (Wildman–Crippen MR) is 74.9 cm³/mol. The summed E-state index contributed by atoms with van der Waals surface area (Å²) < 4.78 is 2.47. The highest BCUT2D eigenvalue weighted by Crippen LogP contribution is 2.21. The molecule has 0 spiro atoms. The highest BCUT2D eigenvalue weighted by Gasteiger charge is 2.20. The number of nitrogens with one attached hydrogen (secondary N) is 1. The molecule has 0 bridgehead atoms. The van der Waals surface area contributed by atoms with Crippen LogP contribution in [0.15, 0.2) is 0 Å². The Kier molecular flexibility index (Phi) is 4.40. The van der Waals surface area contributed by atoms with E-state index >= 15 is 0 Å². The predicted octanol–water partition coefficient (Wildman–Crippen LogP) is 1.60. The molecule has 2 heterocycles. The molecule has 1 N–H and O–H groups in total. The molecule has 0 saturated heterocycles. The molecule has 0 unspecified atom stereocenters. The van der Waals surface area contributed by atoms with Crippen molar-refractivity contribution in [1.82, 2.24) is 19.8 Å². The summed E-state index contributed by atoms with van der Waals surface area (Å²) in [5.41, 5.74) is 2.73. The van der Waals surface area contributed by atoms with Crippen molar-refractivity contribution in [1.29, 1.82) is 0 Å². The average Bonchev–Trinajstić information content (AvgIpc) is 2.75. The molecule has 1 aromatic rings. The van der Waals surface area contributed by atoms with Crippen molar-refractivity contribution < 1.29 is 0 Å². The Balaban J connectivity index is 2.22. The van der Waals surface area contributed by atoms with Gasteiger partial charge in [0, 0.05) is 44.2 Å². The third-order valence-electron chi connectivity index (χ3n) is 3.78. The van der Waals surface area contributed by atoms with Crippen molar-refractivity contribution >= 4 is 0 Å². The first-order valence-corrected chi connectivity index (χ1v) is 7.11. The number of nitrogens with zero attached hydrogens (tertiary/aromatic N) is 3. The minimum Gasteiger partial charge on any atom is -0.330 e. The van der Waals surface area contributed by atoms with Crippen LogP contribution in [0.3, 0.4) is 0 Å². The Labute approximate surface area is 110 Å². The molecular weight excluding hydrogens is 224 g/mol. The molecule has 0 aliphatic carbocycles. The van der Waals surface area contributed by atoms with Crippen LogP contribution in [-0.2, 0) is 19.5 Å². The van der Waals surface area contributed by atoms with Gasteiger partial charge < -0.3 is 14.8 Å². The maximum absolute atomic E-state index is 4.84. The first-order chi connectivity index (χ1) is 8.63. The van der Waals surface area contributed by atoms with Crippen molar-refractivity contribution in [2.75, 3.05) is 26.7 Å². The summed E-state index contributed by atoms with van der Waals surface area (Å²) in [7, 11) is 2.18. The van der Waals surface area contributed by atoms with Crippen LogP contribution < -0.4 is 5.32 Å². The fourth-order valence-electron chi connectivity index (χ4n) is 2.51. The topological polar surface area (TPSA) is 33.1 Å². The van der Waals surface area contributed by atoms with E-state index in [1.54, 1.807) is 0 Å². The van der Waals surface area contributed by atoms with Gasteiger partial charge in [-0.1, -0.05) is 20.8 Å². The lowest BCUT2D eigenvalue weighted by Crippen LogP contribution is -2.28. The molecule has 0 radical (unpaired) electrons. The number of imidazole rings is 1. The Morgan fingerprint density at radius 2 is 2.22 bits per heavy atom. The number of rotatable bonds is 5. The van der Waals surface area contributed by atoms with Crippen LogP contribution >= 0.6 is 0 Å². The van der Waals surface area contributed by atoms with Gasteiger partial charge in [0.25, 0.3) is 0 Å². The van der Waals surface area contributed by atoms with Gasteiger partial charge in [0.1, 0.15) is 5.82 Å². The van der Waals surface area contributed by atoms with E-state index in [1.165, 1.54) is 17.2 Å². The van der Waals surface area contributed by atoms with E-state index in [4.69, 9.17) is 4.98 Å². The second-order valence-corrected chi connectivity index (χ2v) is 5.49. The summed E-state index contributed by atoms with van der Waals surface area (Å²) >= 11 is 0. The second-order valence-electron chi connectivity index (χ2n) is 5.49. The molecule has 0 fully saturated rings. The van der Waals surface area contributed by atoms with Crippen molar-refractivity contribution in [3.8, 4) is 0 Å². The van der Waals surface area contributed by atoms with Crippen molar-refractivity contribution in [3.05, 3.63) is 17.2 Å². The van der Waals surface area contributed by atoms with Crippen LogP contribution in [0.4, 0.5) is 0 Å². The molecule has 1 aromatic heterocycles. The number of hydrogen-bond donors (Lipinski definition) is 1. The summed E-state index contributed by atoms with van der Waals surface area (Å²) in [5.74, 6) is 1.76. The van der Waals surface area contributed by atoms with E-state index in [2.05, 4.69) is 42.6 Å². The fraction of sp³-hybridized carbons (Fsp3) is 0.786. The van der Waals surface area contributed by atoms with Gasteiger partial charge in [-0.2, -0.15) is 0 Å². The molecular formula is C14H26N4. The minimum atomic E-state index is 0.502. The maximum atomic E-state index is 4.84. The Bertz CT molecular complexity index is 395. The zero-order valence-corrected chi connectivity index (χ0v) is 12.2. The van der Waals surface area contributed by atoms with E-state index in [-0.39, 0.29) is 0 Å². The lowest BCUT2D eigenvalue weighted by atomic mass is 10.2. The summed E-state index contributed by atoms with van der Waals surface area (Å²) in [5, 5.41) is 3.41. The van der Waals surface area contributed by atoms with Gasteiger partial charge in [-0.15, -0.1) is 0 Å². The number of fused-ring (bicyclic) bond motifs is 1. The molecule has 2 rings (SSSR count). The van der Waals surface area contributed by atoms with Crippen LogP contribution in [0.1, 0.15) is 43.9 Å². The molecule has 18 heavy (non-hydrogen) atoms. The smallest absolute Gasteiger partial charge is 0.111 e. The largest absolute Gasteiger partial charge is 0.330 e. The van der Waals surface area contributed by atoms with Crippen LogP contribution in [0.25, 0.3) is 0 Å². The Morgan fingerprint density at radius 3 is 2.89 bits per heavy atom. The van der Waals surface area contributed by atoms with Gasteiger partial charge in [0.15, 0.2) is 0 Å². The highest BCUT2D eigenvalue weighted by molar-refractivity contribution is 5.21. The van der Waals surface area contributed by atoms with E-state index in [0.717, 1.165) is 39.1 Å². The number of hydrogen-bond acceptors (Lipinski definition) is 3. The second kappa shape index (κ2) is 5.85. The molecule has 102 valence electrons. The molecule has 0 atom stereocenters. The average molecular weight is 250 g/mol. The minimum absolute atomic E-state index is 0.502. The third kappa shape index (κ3) is 2.75. The van der Waals surface area contributed by atoms with Crippen molar-refractivity contribution in [2.45, 2.75) is 46.2 Å². The Hall–Kier alpha value is -0.870. The highest BCUT2D eigenvalue weighted by atomic mass is 15.2. The quantitative estimate of drug-likeness (QED) is 0.862. The zero-order valence-electron chi connectivity index (χ0n) is 12.2. The SMILES string of the molecule is CCN(C)CCn1c(C(C)C)nc2c1CCNC2. The summed E-state index contributed by atoms with van der Waals surface area (Å²) in [4.78, 5) is 7.19. The molecule has 0 amide bonds.